The van der Waals surface area contributed by atoms with Crippen LogP contribution in [0.15, 0.2) is 30.5 Å². The zero-order valence-electron chi connectivity index (χ0n) is 38.6. The van der Waals surface area contributed by atoms with E-state index in [9.17, 15) is 28.8 Å². The molecule has 61 heavy (non-hydrogen) atoms. The van der Waals surface area contributed by atoms with Gasteiger partial charge in [0.2, 0.25) is 17.7 Å². The number of carbonyl (C=O) groups excluding carboxylic acids is 5. The summed E-state index contributed by atoms with van der Waals surface area (Å²) in [4.78, 5) is 89.0. The number of aromatic nitrogens is 1. The van der Waals surface area contributed by atoms with Crippen molar-refractivity contribution in [1.82, 2.24) is 19.7 Å². The summed E-state index contributed by atoms with van der Waals surface area (Å²) >= 11 is 0. The molecule has 2 aromatic rings. The van der Waals surface area contributed by atoms with Crippen molar-refractivity contribution in [3.05, 3.63) is 36.0 Å². The standard InChI is InChI=1S/C47H75N5O9/c1-12-30(6)44(51(9)47(59)35(28(2)3)25-39(54)43(29(4)5)50(8)21-16-20-42(56)57)40(60-10)26-41(55)52-22-15-19-37(52)45(61-11)31(7)38(53)24-32(46(48)58)23-33-27-49-36-18-14-13-17-34(33)36/h13-14,17-18,27-32,35,37,40,43-45,49H,12,15-16,19-26H2,1-11H3,(H2,48,58)(H,56,57)/t30-,31-,32+,35-,37-,40+,43-,44-,45+/m0/s1. The van der Waals surface area contributed by atoms with Gasteiger partial charge < -0.3 is 35.1 Å². The number of Topliss-reactive ketones (excluding diaryl/α,β-unsaturated/α-hetero) is 2. The topological polar surface area (TPSA) is 193 Å². The van der Waals surface area contributed by atoms with Crippen LogP contribution in [0.25, 0.3) is 10.9 Å². The highest BCUT2D eigenvalue weighted by Crippen LogP contribution is 2.32. The first kappa shape index (κ1) is 51.2. The predicted octanol–water partition coefficient (Wildman–Crippen LogP) is 5.74. The normalized spacial score (nSPS) is 18.5. The van der Waals surface area contributed by atoms with E-state index >= 15 is 0 Å². The largest absolute Gasteiger partial charge is 0.481 e. The number of amides is 3. The number of rotatable bonds is 27. The number of benzene rings is 1. The van der Waals surface area contributed by atoms with Crippen LogP contribution in [0.3, 0.4) is 0 Å². The van der Waals surface area contributed by atoms with Gasteiger partial charge >= 0.3 is 5.97 Å². The van der Waals surface area contributed by atoms with Crippen LogP contribution in [0.2, 0.25) is 0 Å². The first-order chi connectivity index (χ1) is 28.8. The Morgan fingerprint density at radius 2 is 1.61 bits per heavy atom. The highest BCUT2D eigenvalue weighted by Gasteiger charge is 2.43. The number of nitrogens with one attached hydrogen (secondary N) is 1. The van der Waals surface area contributed by atoms with Crippen LogP contribution in [0.1, 0.15) is 105 Å². The number of hydrogen-bond acceptors (Lipinski definition) is 9. The Morgan fingerprint density at radius 3 is 2.18 bits per heavy atom. The fraction of sp³-hybridized carbons (Fsp3) is 0.702. The van der Waals surface area contributed by atoms with Crippen molar-refractivity contribution >= 4 is 46.2 Å². The van der Waals surface area contributed by atoms with E-state index in [1.54, 1.807) is 38.0 Å². The molecule has 2 heterocycles. The average Bonchev–Trinajstić information content (AvgIpc) is 3.86. The van der Waals surface area contributed by atoms with E-state index in [2.05, 4.69) is 4.98 Å². The quantitative estimate of drug-likeness (QED) is 0.0998. The van der Waals surface area contributed by atoms with E-state index in [0.29, 0.717) is 38.8 Å². The maximum absolute atomic E-state index is 14.5. The van der Waals surface area contributed by atoms with Gasteiger partial charge in [0.1, 0.15) is 5.78 Å². The van der Waals surface area contributed by atoms with Gasteiger partial charge in [0.05, 0.1) is 36.8 Å². The van der Waals surface area contributed by atoms with E-state index in [1.807, 2.05) is 84.0 Å². The molecule has 0 radical (unpaired) electrons. The Hall–Kier alpha value is -4.14. The van der Waals surface area contributed by atoms with Gasteiger partial charge in [-0.3, -0.25) is 33.7 Å². The Morgan fingerprint density at radius 1 is 0.934 bits per heavy atom. The summed E-state index contributed by atoms with van der Waals surface area (Å²) in [5.41, 5.74) is 7.70. The number of fused-ring (bicyclic) bond motifs is 1. The zero-order valence-corrected chi connectivity index (χ0v) is 38.6. The van der Waals surface area contributed by atoms with Gasteiger partial charge in [0.25, 0.3) is 0 Å². The summed E-state index contributed by atoms with van der Waals surface area (Å²) < 4.78 is 12.1. The number of para-hydroxylation sites is 1. The van der Waals surface area contributed by atoms with Gasteiger partial charge in [-0.05, 0) is 68.7 Å². The van der Waals surface area contributed by atoms with Crippen molar-refractivity contribution in [2.24, 2.45) is 41.2 Å². The Balaban J connectivity index is 1.77. The summed E-state index contributed by atoms with van der Waals surface area (Å²) in [6, 6.07) is 6.43. The molecule has 3 rings (SSSR count). The molecule has 342 valence electrons. The molecule has 1 aromatic carbocycles. The minimum absolute atomic E-state index is 0.00536. The van der Waals surface area contributed by atoms with E-state index in [4.69, 9.17) is 20.3 Å². The summed E-state index contributed by atoms with van der Waals surface area (Å²) in [7, 11) is 6.65. The number of likely N-dealkylation sites (tertiary alicyclic amines) is 1. The van der Waals surface area contributed by atoms with Crippen molar-refractivity contribution in [2.45, 2.75) is 137 Å². The second kappa shape index (κ2) is 23.9. The monoisotopic (exact) mass is 854 g/mol. The third-order valence-electron chi connectivity index (χ3n) is 13.2. The number of hydrogen-bond donors (Lipinski definition) is 3. The highest BCUT2D eigenvalue weighted by molar-refractivity contribution is 5.91. The van der Waals surface area contributed by atoms with Crippen molar-refractivity contribution in [1.29, 1.82) is 0 Å². The molecule has 0 aliphatic carbocycles. The molecule has 1 aliphatic rings. The maximum atomic E-state index is 14.5. The molecule has 4 N–H and O–H groups in total. The van der Waals surface area contributed by atoms with Gasteiger partial charge in [-0.2, -0.15) is 0 Å². The third-order valence-corrected chi connectivity index (χ3v) is 13.2. The minimum Gasteiger partial charge on any atom is -0.481 e. The van der Waals surface area contributed by atoms with E-state index in [-0.39, 0.29) is 72.9 Å². The molecule has 1 aliphatic heterocycles. The molecule has 14 heteroatoms. The van der Waals surface area contributed by atoms with Crippen LogP contribution in [0.5, 0.6) is 0 Å². The molecule has 3 amide bonds. The zero-order chi connectivity index (χ0) is 45.7. The van der Waals surface area contributed by atoms with Crippen LogP contribution in [0.4, 0.5) is 0 Å². The molecular formula is C47H75N5O9. The van der Waals surface area contributed by atoms with Crippen molar-refractivity contribution in [3.8, 4) is 0 Å². The smallest absolute Gasteiger partial charge is 0.303 e. The SMILES string of the molecule is CC[C@H](C)[C@@H]([C@@H](CC(=O)N1CCC[C@H]1[C@H](OC)[C@@H](C)C(=O)C[C@@H](Cc1c[nH]c2ccccc12)C(N)=O)OC)N(C)C(=O)[C@@H](CC(=O)[C@H](C(C)C)N(C)CCCC(=O)O)C(C)C. The fourth-order valence-electron chi connectivity index (χ4n) is 9.56. The molecule has 0 saturated carbocycles. The van der Waals surface area contributed by atoms with E-state index < -0.39 is 53.9 Å². The molecule has 1 fully saturated rings. The lowest BCUT2D eigenvalue weighted by Crippen LogP contribution is -2.54. The second-order valence-electron chi connectivity index (χ2n) is 18.1. The van der Waals surface area contributed by atoms with Gasteiger partial charge in [-0.1, -0.05) is 73.1 Å². The van der Waals surface area contributed by atoms with Gasteiger partial charge in [0, 0.05) is 81.9 Å². The number of primary amides is 1. The summed E-state index contributed by atoms with van der Waals surface area (Å²) in [5.74, 6) is -4.23. The molecule has 9 atom stereocenters. The summed E-state index contributed by atoms with van der Waals surface area (Å²) in [6.45, 7) is 14.6. The Labute approximate surface area is 363 Å². The van der Waals surface area contributed by atoms with Crippen molar-refractivity contribution in [3.63, 3.8) is 0 Å². The number of nitrogens with two attached hydrogens (primary N) is 1. The summed E-state index contributed by atoms with van der Waals surface area (Å²) in [5, 5.41) is 10.1. The number of methoxy groups -OCH3 is 2. The molecule has 14 nitrogen and oxygen atoms in total. The second-order valence-corrected chi connectivity index (χ2v) is 18.1. The van der Waals surface area contributed by atoms with Crippen LogP contribution in [-0.2, 0) is 44.7 Å². The summed E-state index contributed by atoms with van der Waals surface area (Å²) in [6.07, 6.45) is 3.36. The third kappa shape index (κ3) is 13.4. The number of H-pyrrole nitrogens is 1. The van der Waals surface area contributed by atoms with Gasteiger partial charge in [0.15, 0.2) is 5.78 Å². The number of nitrogens with zero attached hydrogens (tertiary/aromatic N) is 3. The molecule has 0 spiro atoms. The number of aliphatic carboxylic acids is 1. The molecule has 1 aromatic heterocycles. The Kier molecular flexibility index (Phi) is 20.1. The predicted molar refractivity (Wildman–Crippen MR) is 237 cm³/mol. The molecule has 1 saturated heterocycles. The van der Waals surface area contributed by atoms with E-state index in [0.717, 1.165) is 22.9 Å². The molecule has 0 unspecified atom stereocenters. The maximum Gasteiger partial charge on any atom is 0.303 e. The number of ether oxygens (including phenoxy) is 2. The Bertz CT molecular complexity index is 1780. The van der Waals surface area contributed by atoms with Crippen LogP contribution < -0.4 is 5.73 Å². The van der Waals surface area contributed by atoms with Crippen molar-refractivity contribution < 1.29 is 43.3 Å². The van der Waals surface area contributed by atoms with Crippen LogP contribution >= 0.6 is 0 Å². The van der Waals surface area contributed by atoms with Gasteiger partial charge in [-0.15, -0.1) is 0 Å². The number of likely N-dealkylation sites (N-methyl/N-ethyl adjacent to an activating group) is 2. The lowest BCUT2D eigenvalue weighted by atomic mass is 9.83. The molecular weight excluding hydrogens is 779 g/mol. The minimum atomic E-state index is -0.882. The van der Waals surface area contributed by atoms with E-state index in [1.165, 1.54) is 0 Å². The average molecular weight is 854 g/mol. The fourth-order valence-corrected chi connectivity index (χ4v) is 9.56. The van der Waals surface area contributed by atoms with Gasteiger partial charge in [-0.25, -0.2) is 0 Å². The number of carbonyl (C=O) groups is 6. The van der Waals surface area contributed by atoms with Crippen LogP contribution in [0, 0.1) is 35.5 Å². The first-order valence-electron chi connectivity index (χ1n) is 22.2. The van der Waals surface area contributed by atoms with Crippen molar-refractivity contribution in [2.75, 3.05) is 41.4 Å². The number of carboxylic acids is 1. The lowest BCUT2D eigenvalue weighted by molar-refractivity contribution is -0.149. The number of ketones is 2. The number of aromatic amines is 1. The highest BCUT2D eigenvalue weighted by atomic mass is 16.5. The lowest BCUT2D eigenvalue weighted by Gasteiger charge is -2.41. The first-order valence-corrected chi connectivity index (χ1v) is 22.2. The van der Waals surface area contributed by atoms with Crippen LogP contribution in [-0.4, -0.2) is 132 Å². The number of carboxylic acid groups (broad SMARTS) is 1. The molecule has 0 bridgehead atoms.